The van der Waals surface area contributed by atoms with Crippen molar-refractivity contribution in [3.63, 3.8) is 0 Å². The first-order valence-corrected chi connectivity index (χ1v) is 2.33. The van der Waals surface area contributed by atoms with Gasteiger partial charge in [0.15, 0.2) is 0 Å². The van der Waals surface area contributed by atoms with Crippen molar-refractivity contribution in [1.29, 1.82) is 0 Å². The number of rotatable bonds is 3. The fraction of sp³-hybridized carbons (Fsp3) is 0.800. The normalized spacial score (nSPS) is 14.1. The smallest absolute Gasteiger partial charge is 0.0777 e. The SMILES string of the molecule is [CH2]COC(C)CO. The van der Waals surface area contributed by atoms with Crippen molar-refractivity contribution in [3.05, 3.63) is 6.92 Å². The Morgan fingerprint density at radius 1 is 1.86 bits per heavy atom. The van der Waals surface area contributed by atoms with Gasteiger partial charge in [-0.25, -0.2) is 0 Å². The third kappa shape index (κ3) is 3.76. The maximum atomic E-state index is 8.31. The first-order valence-electron chi connectivity index (χ1n) is 2.33. The highest BCUT2D eigenvalue weighted by atomic mass is 16.5. The van der Waals surface area contributed by atoms with Crippen molar-refractivity contribution in [2.75, 3.05) is 13.2 Å². The van der Waals surface area contributed by atoms with Gasteiger partial charge in [-0.1, -0.05) is 0 Å². The summed E-state index contributed by atoms with van der Waals surface area (Å²) in [5, 5.41) is 8.31. The van der Waals surface area contributed by atoms with E-state index in [0.29, 0.717) is 6.61 Å². The monoisotopic (exact) mass is 103 g/mol. The van der Waals surface area contributed by atoms with Gasteiger partial charge in [-0.3, -0.25) is 0 Å². The van der Waals surface area contributed by atoms with E-state index in [4.69, 9.17) is 9.84 Å². The molecule has 0 aliphatic carbocycles. The molecule has 0 bridgehead atoms. The topological polar surface area (TPSA) is 29.5 Å². The number of aliphatic hydroxyl groups is 1. The van der Waals surface area contributed by atoms with Crippen LogP contribution < -0.4 is 0 Å². The second-order valence-corrected chi connectivity index (χ2v) is 1.36. The molecule has 0 spiro atoms. The standard InChI is InChI=1S/C5H11O2/c1-3-7-5(2)4-6/h5-6H,1,3-4H2,2H3. The fourth-order valence-corrected chi connectivity index (χ4v) is 0.254. The lowest BCUT2D eigenvalue weighted by Gasteiger charge is -2.04. The summed E-state index contributed by atoms with van der Waals surface area (Å²) in [5.74, 6) is 0. The maximum Gasteiger partial charge on any atom is 0.0777 e. The van der Waals surface area contributed by atoms with Crippen molar-refractivity contribution in [2.45, 2.75) is 13.0 Å². The second-order valence-electron chi connectivity index (χ2n) is 1.36. The van der Waals surface area contributed by atoms with Gasteiger partial charge in [0.2, 0.25) is 0 Å². The molecule has 0 aromatic rings. The van der Waals surface area contributed by atoms with E-state index in [9.17, 15) is 0 Å². The van der Waals surface area contributed by atoms with E-state index in [1.165, 1.54) is 0 Å². The Labute approximate surface area is 44.1 Å². The Kier molecular flexibility index (Phi) is 4.04. The van der Waals surface area contributed by atoms with Crippen molar-refractivity contribution in [1.82, 2.24) is 0 Å². The predicted molar refractivity (Wildman–Crippen MR) is 27.9 cm³/mol. The summed E-state index contributed by atoms with van der Waals surface area (Å²) in [6.45, 7) is 5.75. The summed E-state index contributed by atoms with van der Waals surface area (Å²) in [5.41, 5.74) is 0. The molecule has 7 heavy (non-hydrogen) atoms. The molecule has 1 N–H and O–H groups in total. The summed E-state index contributed by atoms with van der Waals surface area (Å²) < 4.78 is 4.83. The van der Waals surface area contributed by atoms with E-state index in [1.54, 1.807) is 6.92 Å². The van der Waals surface area contributed by atoms with Crippen LogP contribution >= 0.6 is 0 Å². The van der Waals surface area contributed by atoms with Crippen molar-refractivity contribution in [3.8, 4) is 0 Å². The molecule has 0 amide bonds. The van der Waals surface area contributed by atoms with Crippen LogP contribution in [0.2, 0.25) is 0 Å². The molecule has 1 radical (unpaired) electrons. The van der Waals surface area contributed by atoms with Gasteiger partial charge >= 0.3 is 0 Å². The van der Waals surface area contributed by atoms with E-state index >= 15 is 0 Å². The van der Waals surface area contributed by atoms with E-state index in [2.05, 4.69) is 6.92 Å². The summed E-state index contributed by atoms with van der Waals surface area (Å²) in [7, 11) is 0. The number of hydrogen-bond acceptors (Lipinski definition) is 2. The van der Waals surface area contributed by atoms with Gasteiger partial charge in [0.05, 0.1) is 12.7 Å². The van der Waals surface area contributed by atoms with Crippen LogP contribution in [0.3, 0.4) is 0 Å². The zero-order chi connectivity index (χ0) is 5.70. The van der Waals surface area contributed by atoms with E-state index in [-0.39, 0.29) is 12.7 Å². The van der Waals surface area contributed by atoms with E-state index in [0.717, 1.165) is 0 Å². The molecule has 0 saturated heterocycles. The van der Waals surface area contributed by atoms with Gasteiger partial charge in [-0.15, -0.1) is 0 Å². The number of aliphatic hydroxyl groups excluding tert-OH is 1. The molecule has 0 aliphatic heterocycles. The highest BCUT2D eigenvalue weighted by Gasteiger charge is 1.93. The lowest BCUT2D eigenvalue weighted by molar-refractivity contribution is 0.0403. The molecular formula is C5H11O2. The summed E-state index contributed by atoms with van der Waals surface area (Å²) >= 11 is 0. The molecule has 1 unspecified atom stereocenters. The third-order valence-electron chi connectivity index (χ3n) is 0.659. The molecule has 0 heterocycles. The van der Waals surface area contributed by atoms with E-state index in [1.807, 2.05) is 0 Å². The number of hydrogen-bond donors (Lipinski definition) is 1. The van der Waals surface area contributed by atoms with Crippen LogP contribution in [-0.2, 0) is 4.74 Å². The number of ether oxygens (including phenoxy) is 1. The molecule has 1 atom stereocenters. The Morgan fingerprint density at radius 2 is 2.43 bits per heavy atom. The van der Waals surface area contributed by atoms with Crippen LogP contribution in [0, 0.1) is 6.92 Å². The Morgan fingerprint density at radius 3 is 2.57 bits per heavy atom. The van der Waals surface area contributed by atoms with Crippen LogP contribution in [0.25, 0.3) is 0 Å². The van der Waals surface area contributed by atoms with Gasteiger partial charge < -0.3 is 9.84 Å². The fourth-order valence-electron chi connectivity index (χ4n) is 0.254. The average Bonchev–Trinajstić information content (AvgIpc) is 1.68. The second kappa shape index (κ2) is 4.09. The van der Waals surface area contributed by atoms with Crippen LogP contribution in [0.5, 0.6) is 0 Å². The van der Waals surface area contributed by atoms with Crippen LogP contribution in [0.1, 0.15) is 6.92 Å². The quantitative estimate of drug-likeness (QED) is 0.553. The first kappa shape index (κ1) is 6.92. The minimum atomic E-state index is -0.0579. The van der Waals surface area contributed by atoms with Crippen molar-refractivity contribution >= 4 is 0 Å². The Hall–Kier alpha value is -0.0800. The summed E-state index contributed by atoms with van der Waals surface area (Å²) in [4.78, 5) is 0. The Bertz CT molecular complexity index is 37.1. The molecule has 0 fully saturated rings. The van der Waals surface area contributed by atoms with Crippen LogP contribution in [0.4, 0.5) is 0 Å². The summed E-state index contributed by atoms with van der Waals surface area (Å²) in [6, 6.07) is 0. The predicted octanol–water partition coefficient (Wildman–Crippen LogP) is 0.218. The molecule has 43 valence electrons. The largest absolute Gasteiger partial charge is 0.394 e. The molecule has 0 aliphatic rings. The molecule has 0 rings (SSSR count). The molecule has 0 aromatic heterocycles. The van der Waals surface area contributed by atoms with Gasteiger partial charge in [-0.2, -0.15) is 0 Å². The van der Waals surface area contributed by atoms with Crippen LogP contribution in [0.15, 0.2) is 0 Å². The zero-order valence-corrected chi connectivity index (χ0v) is 4.55. The Balaban J connectivity index is 2.83. The lowest BCUT2D eigenvalue weighted by atomic mass is 10.4. The molecule has 2 heteroatoms. The first-order chi connectivity index (χ1) is 3.31. The van der Waals surface area contributed by atoms with E-state index < -0.39 is 0 Å². The highest BCUT2D eigenvalue weighted by Crippen LogP contribution is 1.84. The zero-order valence-electron chi connectivity index (χ0n) is 4.55. The molecular weight excluding hydrogens is 92.1 g/mol. The highest BCUT2D eigenvalue weighted by molar-refractivity contribution is 4.43. The van der Waals surface area contributed by atoms with Gasteiger partial charge in [0, 0.05) is 6.61 Å². The molecule has 0 saturated carbocycles. The molecule has 2 nitrogen and oxygen atoms in total. The minimum absolute atomic E-state index is 0.0579. The van der Waals surface area contributed by atoms with Crippen molar-refractivity contribution in [2.24, 2.45) is 0 Å². The van der Waals surface area contributed by atoms with Crippen molar-refractivity contribution < 1.29 is 9.84 Å². The lowest BCUT2D eigenvalue weighted by Crippen LogP contribution is -2.11. The molecule has 0 aromatic carbocycles. The average molecular weight is 103 g/mol. The van der Waals surface area contributed by atoms with Gasteiger partial charge in [0.25, 0.3) is 0 Å². The summed E-state index contributed by atoms with van der Waals surface area (Å²) in [6.07, 6.45) is -0.0579. The maximum absolute atomic E-state index is 8.31. The van der Waals surface area contributed by atoms with Crippen LogP contribution in [-0.4, -0.2) is 24.4 Å². The van der Waals surface area contributed by atoms with Gasteiger partial charge in [-0.05, 0) is 13.8 Å². The third-order valence-corrected chi connectivity index (χ3v) is 0.659. The van der Waals surface area contributed by atoms with Gasteiger partial charge in [0.1, 0.15) is 0 Å². The minimum Gasteiger partial charge on any atom is -0.394 e.